The van der Waals surface area contributed by atoms with Crippen LogP contribution in [0.25, 0.3) is 0 Å². The average molecular weight is 422 g/mol. The second-order valence-electron chi connectivity index (χ2n) is 7.29. The molecule has 1 saturated heterocycles. The highest BCUT2D eigenvalue weighted by atomic mass is 16.5. The highest BCUT2D eigenvalue weighted by molar-refractivity contribution is 5.97. The molecule has 0 bridgehead atoms. The number of rotatable bonds is 8. The first kappa shape index (κ1) is 20.7. The zero-order chi connectivity index (χ0) is 21.6. The van der Waals surface area contributed by atoms with Gasteiger partial charge in [-0.2, -0.15) is 9.67 Å². The first-order valence-corrected chi connectivity index (χ1v) is 10.3. The molecule has 2 heterocycles. The zero-order valence-corrected chi connectivity index (χ0v) is 17.5. The fraction of sp³-hybridized carbons (Fsp3) is 0.318. The van der Waals surface area contributed by atoms with Crippen molar-refractivity contribution in [2.75, 3.05) is 44.4 Å². The molecule has 1 aliphatic heterocycles. The topological polar surface area (TPSA) is 108 Å². The Bertz CT molecular complexity index is 1030. The molecule has 0 amide bonds. The Hall–Kier alpha value is -3.59. The number of nitrogens with zero attached hydrogens (tertiary/aromatic N) is 4. The summed E-state index contributed by atoms with van der Waals surface area (Å²) in [5, 5.41) is 7.25. The lowest BCUT2D eigenvalue weighted by molar-refractivity contribution is 0.0947. The van der Waals surface area contributed by atoms with Gasteiger partial charge in [0.05, 0.1) is 7.11 Å². The minimum Gasteiger partial charge on any atom is -0.497 e. The number of carbonyl (C=O) groups is 1. The van der Waals surface area contributed by atoms with Crippen LogP contribution in [0, 0.1) is 0 Å². The smallest absolute Gasteiger partial charge is 0.281 e. The fourth-order valence-corrected chi connectivity index (χ4v) is 3.47. The summed E-state index contributed by atoms with van der Waals surface area (Å²) < 4.78 is 12.0. The first-order valence-electron chi connectivity index (χ1n) is 10.3. The summed E-state index contributed by atoms with van der Waals surface area (Å²) in [7, 11) is 1.54. The maximum atomic E-state index is 12.7. The molecule has 162 valence electrons. The van der Waals surface area contributed by atoms with E-state index < -0.39 is 5.91 Å². The number of aromatic nitrogens is 3. The lowest BCUT2D eigenvalue weighted by Crippen LogP contribution is -2.25. The number of nitrogen functional groups attached to an aromatic ring is 1. The van der Waals surface area contributed by atoms with Gasteiger partial charge in [-0.1, -0.05) is 6.07 Å². The van der Waals surface area contributed by atoms with E-state index in [9.17, 15) is 4.79 Å². The van der Waals surface area contributed by atoms with Crippen LogP contribution >= 0.6 is 0 Å². The van der Waals surface area contributed by atoms with Gasteiger partial charge in [-0.3, -0.25) is 9.69 Å². The van der Waals surface area contributed by atoms with Gasteiger partial charge in [0.15, 0.2) is 0 Å². The largest absolute Gasteiger partial charge is 0.497 e. The van der Waals surface area contributed by atoms with E-state index in [4.69, 9.17) is 15.2 Å². The normalized spacial score (nSPS) is 13.8. The Labute approximate surface area is 180 Å². The van der Waals surface area contributed by atoms with E-state index in [1.165, 1.54) is 12.8 Å². The number of likely N-dealkylation sites (tertiary alicyclic amines) is 1. The Morgan fingerprint density at radius 1 is 1.13 bits per heavy atom. The van der Waals surface area contributed by atoms with Crippen molar-refractivity contribution in [3.05, 3.63) is 54.1 Å². The Balaban J connectivity index is 1.36. The summed E-state index contributed by atoms with van der Waals surface area (Å²) in [5.74, 6) is 1.22. The number of carbonyl (C=O) groups excluding carboxylic acids is 1. The number of anilines is 3. The van der Waals surface area contributed by atoms with Gasteiger partial charge in [0, 0.05) is 17.8 Å². The van der Waals surface area contributed by atoms with Crippen LogP contribution in [0.15, 0.2) is 48.5 Å². The van der Waals surface area contributed by atoms with Gasteiger partial charge in [0.2, 0.25) is 11.9 Å². The SMILES string of the molecule is COc1cccc(C(=O)n2nc(Nc3ccc(OCCN4CCCC4)cc3)nc2N)c1. The third-order valence-electron chi connectivity index (χ3n) is 5.13. The lowest BCUT2D eigenvalue weighted by Gasteiger charge is -2.15. The predicted molar refractivity (Wildman–Crippen MR) is 118 cm³/mol. The van der Waals surface area contributed by atoms with Crippen LogP contribution in [0.2, 0.25) is 0 Å². The van der Waals surface area contributed by atoms with Crippen molar-refractivity contribution in [1.29, 1.82) is 0 Å². The molecule has 0 radical (unpaired) electrons. The molecule has 3 aromatic rings. The summed E-state index contributed by atoms with van der Waals surface area (Å²) in [6.45, 7) is 3.94. The number of nitrogens with one attached hydrogen (secondary N) is 1. The van der Waals surface area contributed by atoms with E-state index in [-0.39, 0.29) is 11.9 Å². The summed E-state index contributed by atoms with van der Waals surface area (Å²) in [6, 6.07) is 14.3. The maximum absolute atomic E-state index is 12.7. The molecule has 2 aromatic carbocycles. The minimum absolute atomic E-state index is 0.00261. The van der Waals surface area contributed by atoms with Crippen LogP contribution in [0.4, 0.5) is 17.6 Å². The Morgan fingerprint density at radius 2 is 1.90 bits per heavy atom. The van der Waals surface area contributed by atoms with E-state index in [0.29, 0.717) is 17.9 Å². The van der Waals surface area contributed by atoms with Gasteiger partial charge in [0.1, 0.15) is 18.1 Å². The number of hydrogen-bond donors (Lipinski definition) is 2. The first-order chi connectivity index (χ1) is 15.1. The zero-order valence-electron chi connectivity index (χ0n) is 17.5. The molecule has 1 fully saturated rings. The predicted octanol–water partition coefficient (Wildman–Crippen LogP) is 2.78. The van der Waals surface area contributed by atoms with Gasteiger partial charge in [-0.25, -0.2) is 0 Å². The molecule has 9 heteroatoms. The summed E-state index contributed by atoms with van der Waals surface area (Å²) in [4.78, 5) is 19.3. The molecule has 4 rings (SSSR count). The number of ether oxygens (including phenoxy) is 2. The third-order valence-corrected chi connectivity index (χ3v) is 5.13. The average Bonchev–Trinajstić information content (AvgIpc) is 3.44. The van der Waals surface area contributed by atoms with Gasteiger partial charge in [0.25, 0.3) is 5.91 Å². The maximum Gasteiger partial charge on any atom is 0.281 e. The van der Waals surface area contributed by atoms with Gasteiger partial charge in [-0.05, 0) is 68.4 Å². The molecular formula is C22H26N6O3. The van der Waals surface area contributed by atoms with E-state index in [1.807, 2.05) is 24.3 Å². The van der Waals surface area contributed by atoms with Crippen LogP contribution in [0.1, 0.15) is 23.2 Å². The second-order valence-corrected chi connectivity index (χ2v) is 7.29. The van der Waals surface area contributed by atoms with Crippen LogP contribution in [-0.2, 0) is 0 Å². The lowest BCUT2D eigenvalue weighted by atomic mass is 10.2. The number of methoxy groups -OCH3 is 1. The Kier molecular flexibility index (Phi) is 6.32. The standard InChI is InChI=1S/C22H26N6O3/c1-30-19-6-4-5-16(15-19)20(29)28-21(23)25-22(26-28)24-17-7-9-18(10-8-17)31-14-13-27-11-2-3-12-27/h4-10,15H,2-3,11-14H2,1H3,(H3,23,24,25,26). The summed E-state index contributed by atoms with van der Waals surface area (Å²) >= 11 is 0. The monoisotopic (exact) mass is 422 g/mol. The van der Waals surface area contributed by atoms with E-state index in [2.05, 4.69) is 20.3 Å². The molecule has 1 aliphatic rings. The fourth-order valence-electron chi connectivity index (χ4n) is 3.47. The summed E-state index contributed by atoms with van der Waals surface area (Å²) in [6.07, 6.45) is 2.56. The number of hydrogen-bond acceptors (Lipinski definition) is 8. The van der Waals surface area contributed by atoms with Gasteiger partial charge in [-0.15, -0.1) is 5.10 Å². The van der Waals surface area contributed by atoms with E-state index in [0.717, 1.165) is 35.8 Å². The van der Waals surface area contributed by atoms with E-state index in [1.54, 1.807) is 31.4 Å². The van der Waals surface area contributed by atoms with Crippen LogP contribution < -0.4 is 20.5 Å². The quantitative estimate of drug-likeness (QED) is 0.571. The van der Waals surface area contributed by atoms with Gasteiger partial charge >= 0.3 is 0 Å². The highest BCUT2D eigenvalue weighted by Gasteiger charge is 2.17. The van der Waals surface area contributed by atoms with Crippen molar-refractivity contribution in [3.8, 4) is 11.5 Å². The summed E-state index contributed by atoms with van der Waals surface area (Å²) in [5.41, 5.74) is 7.07. The van der Waals surface area contributed by atoms with Crippen LogP contribution in [0.5, 0.6) is 11.5 Å². The molecule has 0 saturated carbocycles. The van der Waals surface area contributed by atoms with Crippen molar-refractivity contribution in [2.24, 2.45) is 0 Å². The van der Waals surface area contributed by atoms with Crippen molar-refractivity contribution in [1.82, 2.24) is 19.7 Å². The third kappa shape index (κ3) is 5.13. The molecule has 3 N–H and O–H groups in total. The Morgan fingerprint density at radius 3 is 2.65 bits per heavy atom. The van der Waals surface area contributed by atoms with Gasteiger partial charge < -0.3 is 20.5 Å². The molecule has 1 aromatic heterocycles. The van der Waals surface area contributed by atoms with Crippen molar-refractivity contribution in [3.63, 3.8) is 0 Å². The number of nitrogens with two attached hydrogens (primary N) is 1. The van der Waals surface area contributed by atoms with E-state index >= 15 is 0 Å². The van der Waals surface area contributed by atoms with Crippen molar-refractivity contribution >= 4 is 23.5 Å². The van der Waals surface area contributed by atoms with Crippen LogP contribution in [-0.4, -0.2) is 58.9 Å². The molecule has 31 heavy (non-hydrogen) atoms. The molecule has 0 spiro atoms. The van der Waals surface area contributed by atoms with Crippen LogP contribution in [0.3, 0.4) is 0 Å². The molecule has 0 aliphatic carbocycles. The van der Waals surface area contributed by atoms with Crippen molar-refractivity contribution in [2.45, 2.75) is 12.8 Å². The number of benzene rings is 2. The van der Waals surface area contributed by atoms with Crippen molar-refractivity contribution < 1.29 is 14.3 Å². The molecule has 9 nitrogen and oxygen atoms in total. The molecule has 0 atom stereocenters. The minimum atomic E-state index is -0.390. The highest BCUT2D eigenvalue weighted by Crippen LogP contribution is 2.20. The molecule has 0 unspecified atom stereocenters. The molecular weight excluding hydrogens is 396 g/mol. The second kappa shape index (κ2) is 9.48.